The molecule has 1 aliphatic heterocycles. The number of hydrogen-bond acceptors (Lipinski definition) is 7. The molecule has 3 aromatic rings. The number of aromatic nitrogens is 4. The van der Waals surface area contributed by atoms with Crippen molar-refractivity contribution in [3.8, 4) is 11.3 Å². The van der Waals surface area contributed by atoms with Gasteiger partial charge in [-0.1, -0.05) is 37.1 Å². The summed E-state index contributed by atoms with van der Waals surface area (Å²) < 4.78 is 7.71. The summed E-state index contributed by atoms with van der Waals surface area (Å²) in [5.41, 5.74) is 4.56. The molecule has 3 saturated carbocycles. The average Bonchev–Trinajstić information content (AvgIpc) is 3.88. The number of aliphatic hydroxyl groups is 1. The van der Waals surface area contributed by atoms with Gasteiger partial charge in [0, 0.05) is 36.9 Å². The molecule has 1 aromatic carbocycles. The molecular formula is C29H38N6O2. The minimum absolute atomic E-state index is 0.191. The molecule has 37 heavy (non-hydrogen) atoms. The van der Waals surface area contributed by atoms with E-state index in [1.165, 1.54) is 37.7 Å². The minimum atomic E-state index is -0.194. The van der Waals surface area contributed by atoms with Gasteiger partial charge in [-0.25, -0.2) is 9.67 Å². The molecule has 0 bridgehead atoms. The quantitative estimate of drug-likeness (QED) is 0.469. The van der Waals surface area contributed by atoms with Crippen molar-refractivity contribution in [2.45, 2.75) is 75.5 Å². The van der Waals surface area contributed by atoms with Crippen molar-refractivity contribution in [2.75, 3.05) is 38.2 Å². The van der Waals surface area contributed by atoms with Crippen LogP contribution in [-0.4, -0.2) is 68.7 Å². The largest absolute Gasteiger partial charge is 0.393 e. The molecule has 0 radical (unpaired) electrons. The molecule has 4 fully saturated rings. The first-order chi connectivity index (χ1) is 18.2. The van der Waals surface area contributed by atoms with Crippen LogP contribution >= 0.6 is 0 Å². The normalized spacial score (nSPS) is 25.9. The smallest absolute Gasteiger partial charge is 0.224 e. The van der Waals surface area contributed by atoms with Crippen molar-refractivity contribution in [3.05, 3.63) is 36.0 Å². The molecule has 4 aliphatic rings. The number of hydrogen-bond donors (Lipinski definition) is 2. The van der Waals surface area contributed by atoms with E-state index >= 15 is 0 Å². The minimum Gasteiger partial charge on any atom is -0.393 e. The summed E-state index contributed by atoms with van der Waals surface area (Å²) in [5, 5.41) is 19.7. The molecule has 0 atom stereocenters. The van der Waals surface area contributed by atoms with Crippen molar-refractivity contribution in [1.29, 1.82) is 0 Å². The van der Waals surface area contributed by atoms with E-state index in [4.69, 9.17) is 14.8 Å². The van der Waals surface area contributed by atoms with Crippen LogP contribution in [0.5, 0.6) is 0 Å². The highest BCUT2D eigenvalue weighted by molar-refractivity contribution is 5.91. The van der Waals surface area contributed by atoms with Crippen LogP contribution in [0.25, 0.3) is 22.3 Å². The highest BCUT2D eigenvalue weighted by Gasteiger charge is 2.49. The van der Waals surface area contributed by atoms with Gasteiger partial charge in [0.15, 0.2) is 5.65 Å². The zero-order valence-corrected chi connectivity index (χ0v) is 21.6. The van der Waals surface area contributed by atoms with Gasteiger partial charge in [-0.3, -0.25) is 4.90 Å². The van der Waals surface area contributed by atoms with Crippen molar-refractivity contribution in [3.63, 3.8) is 0 Å². The molecule has 7 rings (SSSR count). The number of rotatable bonds is 8. The van der Waals surface area contributed by atoms with Gasteiger partial charge >= 0.3 is 0 Å². The van der Waals surface area contributed by atoms with Crippen molar-refractivity contribution in [2.24, 2.45) is 5.92 Å². The Kier molecular flexibility index (Phi) is 6.14. The van der Waals surface area contributed by atoms with E-state index in [1.54, 1.807) is 0 Å². The second-order valence-corrected chi connectivity index (χ2v) is 11.6. The molecule has 2 N–H and O–H groups in total. The Balaban J connectivity index is 1.19. The summed E-state index contributed by atoms with van der Waals surface area (Å²) in [6.07, 6.45) is 11.6. The molecule has 2 aromatic heterocycles. The summed E-state index contributed by atoms with van der Waals surface area (Å²) in [5.74, 6) is 1.57. The first-order valence-electron chi connectivity index (χ1n) is 14.3. The van der Waals surface area contributed by atoms with Crippen LogP contribution in [0.1, 0.15) is 69.4 Å². The Morgan fingerprint density at radius 3 is 2.46 bits per heavy atom. The third-order valence-electron chi connectivity index (χ3n) is 9.03. The Morgan fingerprint density at radius 2 is 1.76 bits per heavy atom. The summed E-state index contributed by atoms with van der Waals surface area (Å²) >= 11 is 0. The van der Waals surface area contributed by atoms with E-state index in [9.17, 15) is 5.11 Å². The zero-order chi connectivity index (χ0) is 24.8. The number of nitrogens with zero attached hydrogens (tertiary/aromatic N) is 5. The fourth-order valence-corrected chi connectivity index (χ4v) is 6.41. The van der Waals surface area contributed by atoms with Gasteiger partial charge in [-0.05, 0) is 56.4 Å². The Morgan fingerprint density at radius 1 is 1.00 bits per heavy atom. The van der Waals surface area contributed by atoms with Gasteiger partial charge in [-0.15, -0.1) is 0 Å². The maximum Gasteiger partial charge on any atom is 0.224 e. The standard InChI is InChI=1S/C29H38N6O2/c36-24-9-7-23(8-10-24)35-27-25(19-31-28(32-27)30-14-11-20-1-2-20)26(33-35)21-3-5-22(6-4-21)29(12-13-29)34-15-17-37-18-16-34/h3-6,19-20,23-24,36H,1-2,7-18H2,(H,30,31,32). The number of fused-ring (bicyclic) bond motifs is 1. The first kappa shape index (κ1) is 23.6. The number of benzene rings is 1. The zero-order valence-electron chi connectivity index (χ0n) is 21.6. The lowest BCUT2D eigenvalue weighted by Gasteiger charge is -2.35. The summed E-state index contributed by atoms with van der Waals surface area (Å²) in [7, 11) is 0. The van der Waals surface area contributed by atoms with Gasteiger partial charge < -0.3 is 15.2 Å². The second-order valence-electron chi connectivity index (χ2n) is 11.6. The Hall–Kier alpha value is -2.55. The molecule has 3 heterocycles. The van der Waals surface area contributed by atoms with E-state index in [0.29, 0.717) is 5.95 Å². The molecule has 196 valence electrons. The van der Waals surface area contributed by atoms with E-state index in [2.05, 4.69) is 44.1 Å². The number of anilines is 1. The molecule has 0 unspecified atom stereocenters. The summed E-state index contributed by atoms with van der Waals surface area (Å²) in [6.45, 7) is 4.61. The highest BCUT2D eigenvalue weighted by atomic mass is 16.5. The Bertz CT molecular complexity index is 1240. The third-order valence-corrected chi connectivity index (χ3v) is 9.03. The fraction of sp³-hybridized carbons (Fsp3) is 0.621. The van der Waals surface area contributed by atoms with Gasteiger partial charge in [0.25, 0.3) is 0 Å². The topological polar surface area (TPSA) is 88.3 Å². The van der Waals surface area contributed by atoms with Crippen LogP contribution < -0.4 is 5.32 Å². The van der Waals surface area contributed by atoms with E-state index < -0.39 is 0 Å². The molecule has 3 aliphatic carbocycles. The van der Waals surface area contributed by atoms with Crippen LogP contribution in [0.15, 0.2) is 30.5 Å². The van der Waals surface area contributed by atoms with Crippen LogP contribution in [0.3, 0.4) is 0 Å². The van der Waals surface area contributed by atoms with Crippen molar-refractivity contribution in [1.82, 2.24) is 24.6 Å². The van der Waals surface area contributed by atoms with E-state index in [0.717, 1.165) is 86.7 Å². The lowest BCUT2D eigenvalue weighted by Crippen LogP contribution is -2.43. The van der Waals surface area contributed by atoms with Gasteiger partial charge in [-0.2, -0.15) is 10.1 Å². The molecular weight excluding hydrogens is 464 g/mol. The monoisotopic (exact) mass is 502 g/mol. The molecule has 0 amide bonds. The highest BCUT2D eigenvalue weighted by Crippen LogP contribution is 2.51. The molecule has 1 saturated heterocycles. The maximum absolute atomic E-state index is 10.1. The summed E-state index contributed by atoms with van der Waals surface area (Å²) in [6, 6.07) is 9.31. The third kappa shape index (κ3) is 4.64. The Labute approximate surface area is 218 Å². The predicted molar refractivity (Wildman–Crippen MR) is 143 cm³/mol. The second kappa shape index (κ2) is 9.64. The van der Waals surface area contributed by atoms with Gasteiger partial charge in [0.05, 0.1) is 30.7 Å². The van der Waals surface area contributed by atoms with E-state index in [-0.39, 0.29) is 17.7 Å². The van der Waals surface area contributed by atoms with Crippen molar-refractivity contribution >= 4 is 17.0 Å². The van der Waals surface area contributed by atoms with Crippen LogP contribution in [-0.2, 0) is 10.3 Å². The molecule has 0 spiro atoms. The predicted octanol–water partition coefficient (Wildman–Crippen LogP) is 4.50. The molecule has 8 heteroatoms. The molecule has 8 nitrogen and oxygen atoms in total. The maximum atomic E-state index is 10.1. The average molecular weight is 503 g/mol. The lowest BCUT2D eigenvalue weighted by atomic mass is 9.93. The lowest BCUT2D eigenvalue weighted by molar-refractivity contribution is 0.00835. The number of nitrogens with one attached hydrogen (secondary N) is 1. The first-order valence-corrected chi connectivity index (χ1v) is 14.3. The van der Waals surface area contributed by atoms with Gasteiger partial charge in [0.1, 0.15) is 5.69 Å². The van der Waals surface area contributed by atoms with Crippen LogP contribution in [0, 0.1) is 5.92 Å². The van der Waals surface area contributed by atoms with Crippen LogP contribution in [0.4, 0.5) is 5.95 Å². The SMILES string of the molecule is OC1CCC(n2nc(-c3ccc(C4(N5CCOCC5)CC4)cc3)c3cnc(NCCC4CC4)nc32)CC1. The summed E-state index contributed by atoms with van der Waals surface area (Å²) in [4.78, 5) is 12.2. The number of morpholine rings is 1. The number of aliphatic hydroxyl groups excluding tert-OH is 1. The van der Waals surface area contributed by atoms with Gasteiger partial charge in [0.2, 0.25) is 5.95 Å². The van der Waals surface area contributed by atoms with Crippen LogP contribution in [0.2, 0.25) is 0 Å². The van der Waals surface area contributed by atoms with Crippen molar-refractivity contribution < 1.29 is 9.84 Å². The van der Waals surface area contributed by atoms with E-state index in [1.807, 2.05) is 6.20 Å². The fourth-order valence-electron chi connectivity index (χ4n) is 6.41. The number of ether oxygens (including phenoxy) is 1.